The van der Waals surface area contributed by atoms with Gasteiger partial charge in [-0.3, -0.25) is 4.98 Å². The third kappa shape index (κ3) is 4.81. The van der Waals surface area contributed by atoms with Gasteiger partial charge in [0.05, 0.1) is 0 Å². The highest BCUT2D eigenvalue weighted by molar-refractivity contribution is 5.23. The average molecular weight is 290 g/mol. The molecule has 0 aliphatic heterocycles. The van der Waals surface area contributed by atoms with Crippen molar-refractivity contribution in [3.05, 3.63) is 60.2 Å². The van der Waals surface area contributed by atoms with E-state index in [9.17, 15) is 9.50 Å². The van der Waals surface area contributed by atoms with Crippen LogP contribution in [0.1, 0.15) is 18.5 Å². The van der Waals surface area contributed by atoms with Crippen LogP contribution in [-0.4, -0.2) is 29.3 Å². The Morgan fingerprint density at radius 3 is 2.67 bits per heavy atom. The number of halogens is 1. The number of rotatable bonds is 7. The summed E-state index contributed by atoms with van der Waals surface area (Å²) >= 11 is 0. The molecule has 2 rings (SSSR count). The van der Waals surface area contributed by atoms with E-state index in [2.05, 4.69) is 10.3 Å². The Hall–Kier alpha value is -1.98. The van der Waals surface area contributed by atoms with E-state index < -0.39 is 11.9 Å². The van der Waals surface area contributed by atoms with Gasteiger partial charge in [0, 0.05) is 25.0 Å². The number of aromatic nitrogens is 1. The second-order valence-electron chi connectivity index (χ2n) is 4.81. The van der Waals surface area contributed by atoms with Gasteiger partial charge in [-0.25, -0.2) is 4.39 Å². The van der Waals surface area contributed by atoms with Gasteiger partial charge in [0.2, 0.25) is 0 Å². The second-order valence-corrected chi connectivity index (χ2v) is 4.81. The number of nitrogens with one attached hydrogen (secondary N) is 1. The van der Waals surface area contributed by atoms with Gasteiger partial charge in [0.25, 0.3) is 0 Å². The zero-order chi connectivity index (χ0) is 15.1. The second kappa shape index (κ2) is 7.71. The van der Waals surface area contributed by atoms with Crippen molar-refractivity contribution in [2.24, 2.45) is 0 Å². The molecule has 21 heavy (non-hydrogen) atoms. The van der Waals surface area contributed by atoms with E-state index in [1.807, 2.05) is 19.1 Å². The Labute approximate surface area is 123 Å². The molecule has 0 saturated heterocycles. The molecular formula is C16H19FN2O2. The quantitative estimate of drug-likeness (QED) is 0.821. The molecule has 0 bridgehead atoms. The van der Waals surface area contributed by atoms with Crippen LogP contribution in [0.5, 0.6) is 5.75 Å². The largest absolute Gasteiger partial charge is 0.488 e. The summed E-state index contributed by atoms with van der Waals surface area (Å²) < 4.78 is 18.6. The molecule has 112 valence electrons. The van der Waals surface area contributed by atoms with Gasteiger partial charge in [-0.05, 0) is 36.8 Å². The Morgan fingerprint density at radius 1 is 1.24 bits per heavy atom. The number of hydrogen-bond acceptors (Lipinski definition) is 4. The van der Waals surface area contributed by atoms with Crippen LogP contribution in [0.15, 0.2) is 48.8 Å². The first kappa shape index (κ1) is 15.4. The number of pyridine rings is 1. The number of hydrogen-bond donors (Lipinski definition) is 2. The van der Waals surface area contributed by atoms with Gasteiger partial charge in [-0.2, -0.15) is 0 Å². The van der Waals surface area contributed by atoms with Gasteiger partial charge in [0.15, 0.2) is 11.6 Å². The minimum atomic E-state index is -0.714. The lowest BCUT2D eigenvalue weighted by Crippen LogP contribution is -2.33. The molecule has 4 nitrogen and oxygen atoms in total. The van der Waals surface area contributed by atoms with E-state index in [4.69, 9.17) is 4.74 Å². The van der Waals surface area contributed by atoms with Crippen LogP contribution in [0.3, 0.4) is 0 Å². The SMILES string of the molecule is CC(NCC(O)COc1ccccc1F)c1ccncc1. The fraction of sp³-hybridized carbons (Fsp3) is 0.312. The molecule has 0 fully saturated rings. The molecule has 0 radical (unpaired) electrons. The summed E-state index contributed by atoms with van der Waals surface area (Å²) in [6.45, 7) is 2.40. The zero-order valence-corrected chi connectivity index (χ0v) is 11.9. The molecule has 0 spiro atoms. The zero-order valence-electron chi connectivity index (χ0n) is 11.9. The van der Waals surface area contributed by atoms with Crippen molar-refractivity contribution < 1.29 is 14.2 Å². The van der Waals surface area contributed by atoms with Crippen molar-refractivity contribution in [2.45, 2.75) is 19.1 Å². The van der Waals surface area contributed by atoms with Crippen LogP contribution in [0.25, 0.3) is 0 Å². The lowest BCUT2D eigenvalue weighted by atomic mass is 10.1. The van der Waals surface area contributed by atoms with Crippen molar-refractivity contribution in [1.29, 1.82) is 0 Å². The first-order valence-corrected chi connectivity index (χ1v) is 6.85. The Balaban J connectivity index is 1.75. The van der Waals surface area contributed by atoms with Crippen LogP contribution in [0.2, 0.25) is 0 Å². The highest BCUT2D eigenvalue weighted by Crippen LogP contribution is 2.15. The maximum absolute atomic E-state index is 13.3. The van der Waals surface area contributed by atoms with Gasteiger partial charge < -0.3 is 15.2 Å². The van der Waals surface area contributed by atoms with E-state index in [0.29, 0.717) is 6.54 Å². The van der Waals surface area contributed by atoms with E-state index in [-0.39, 0.29) is 18.4 Å². The van der Waals surface area contributed by atoms with Gasteiger partial charge in [-0.15, -0.1) is 0 Å². The van der Waals surface area contributed by atoms with Crippen LogP contribution in [-0.2, 0) is 0 Å². The maximum atomic E-state index is 13.3. The van der Waals surface area contributed by atoms with Gasteiger partial charge in [-0.1, -0.05) is 12.1 Å². The third-order valence-corrected chi connectivity index (χ3v) is 3.13. The highest BCUT2D eigenvalue weighted by atomic mass is 19.1. The molecule has 2 atom stereocenters. The lowest BCUT2D eigenvalue weighted by Gasteiger charge is -2.18. The molecule has 0 amide bonds. The molecule has 2 unspecified atom stereocenters. The first-order valence-electron chi connectivity index (χ1n) is 6.85. The Morgan fingerprint density at radius 2 is 1.95 bits per heavy atom. The molecule has 1 aromatic carbocycles. The molecule has 2 N–H and O–H groups in total. The average Bonchev–Trinajstić information content (AvgIpc) is 2.52. The molecule has 0 aliphatic carbocycles. The van der Waals surface area contributed by atoms with Crippen LogP contribution >= 0.6 is 0 Å². The summed E-state index contributed by atoms with van der Waals surface area (Å²) in [5.74, 6) is -0.276. The van der Waals surface area contributed by atoms with E-state index in [1.54, 1.807) is 24.5 Å². The van der Waals surface area contributed by atoms with Crippen molar-refractivity contribution in [2.75, 3.05) is 13.2 Å². The predicted octanol–water partition coefficient (Wildman–Crippen LogP) is 2.31. The smallest absolute Gasteiger partial charge is 0.165 e. The van der Waals surface area contributed by atoms with Gasteiger partial charge in [0.1, 0.15) is 12.7 Å². The predicted molar refractivity (Wildman–Crippen MR) is 78.6 cm³/mol. The minimum Gasteiger partial charge on any atom is -0.488 e. The van der Waals surface area contributed by atoms with E-state index in [0.717, 1.165) is 5.56 Å². The summed E-state index contributed by atoms with van der Waals surface area (Å²) in [5, 5.41) is 13.1. The van der Waals surface area contributed by atoms with Gasteiger partial charge >= 0.3 is 0 Å². The molecule has 0 saturated carbocycles. The lowest BCUT2D eigenvalue weighted by molar-refractivity contribution is 0.102. The number of benzene rings is 1. The molecule has 0 aliphatic rings. The molecule has 1 heterocycles. The Bertz CT molecular complexity index is 551. The summed E-state index contributed by atoms with van der Waals surface area (Å²) in [5.41, 5.74) is 1.09. The fourth-order valence-corrected chi connectivity index (χ4v) is 1.89. The molecule has 5 heteroatoms. The molecule has 1 aromatic heterocycles. The molecular weight excluding hydrogens is 271 g/mol. The summed E-state index contributed by atoms with van der Waals surface area (Å²) in [7, 11) is 0. The summed E-state index contributed by atoms with van der Waals surface area (Å²) in [4.78, 5) is 3.96. The normalized spacial score (nSPS) is 13.7. The Kier molecular flexibility index (Phi) is 5.66. The molecule has 2 aromatic rings. The van der Waals surface area contributed by atoms with E-state index >= 15 is 0 Å². The number of para-hydroxylation sites is 1. The van der Waals surface area contributed by atoms with Crippen molar-refractivity contribution in [3.63, 3.8) is 0 Å². The van der Waals surface area contributed by atoms with Crippen molar-refractivity contribution in [3.8, 4) is 5.75 Å². The fourth-order valence-electron chi connectivity index (χ4n) is 1.89. The minimum absolute atomic E-state index is 0.0387. The topological polar surface area (TPSA) is 54.4 Å². The summed E-state index contributed by atoms with van der Waals surface area (Å²) in [6, 6.07) is 10.1. The standard InChI is InChI=1S/C16H19FN2O2/c1-12(13-6-8-18-9-7-13)19-10-14(20)11-21-16-5-3-2-4-15(16)17/h2-9,12,14,19-20H,10-11H2,1H3. The van der Waals surface area contributed by atoms with Crippen LogP contribution < -0.4 is 10.1 Å². The van der Waals surface area contributed by atoms with Crippen LogP contribution in [0, 0.1) is 5.82 Å². The van der Waals surface area contributed by atoms with Crippen LogP contribution in [0.4, 0.5) is 4.39 Å². The number of ether oxygens (including phenoxy) is 1. The number of aliphatic hydroxyl groups excluding tert-OH is 1. The number of nitrogens with zero attached hydrogens (tertiary/aromatic N) is 1. The van der Waals surface area contributed by atoms with Crippen molar-refractivity contribution >= 4 is 0 Å². The van der Waals surface area contributed by atoms with Crippen molar-refractivity contribution in [1.82, 2.24) is 10.3 Å². The maximum Gasteiger partial charge on any atom is 0.165 e. The third-order valence-electron chi connectivity index (χ3n) is 3.13. The number of aliphatic hydroxyl groups is 1. The first-order chi connectivity index (χ1) is 10.2. The monoisotopic (exact) mass is 290 g/mol. The summed E-state index contributed by atoms with van der Waals surface area (Å²) in [6.07, 6.45) is 2.74. The highest BCUT2D eigenvalue weighted by Gasteiger charge is 2.10. The van der Waals surface area contributed by atoms with E-state index in [1.165, 1.54) is 12.1 Å².